The second-order valence-corrected chi connectivity index (χ2v) is 9.57. The van der Waals surface area contributed by atoms with Crippen LogP contribution in [0.25, 0.3) is 11.1 Å². The predicted octanol–water partition coefficient (Wildman–Crippen LogP) is 6.75. The number of ether oxygens (including phenoxy) is 2. The Hall–Kier alpha value is -4.43. The number of carbonyl (C=O) groups is 1. The van der Waals surface area contributed by atoms with Gasteiger partial charge in [-0.1, -0.05) is 42.5 Å². The van der Waals surface area contributed by atoms with Crippen molar-refractivity contribution in [2.24, 2.45) is 0 Å². The molecule has 39 heavy (non-hydrogen) atoms. The molecule has 8 nitrogen and oxygen atoms in total. The Morgan fingerprint density at radius 2 is 1.69 bits per heavy atom. The van der Waals surface area contributed by atoms with E-state index < -0.39 is 12.2 Å². The van der Waals surface area contributed by atoms with Gasteiger partial charge in [0.05, 0.1) is 0 Å². The topological polar surface area (TPSA) is 88.6 Å². The Labute approximate surface area is 230 Å². The SMILES string of the molecule is Cc1cccc(-c2ccccc2[C@@H](C)OC(=O)Nc2ccnc(Nc3ccc(OCCN(C)C)cc3)n2)c1C. The summed E-state index contributed by atoms with van der Waals surface area (Å²) < 4.78 is 11.5. The molecule has 0 aliphatic rings. The number of aromatic nitrogens is 2. The number of anilines is 3. The number of rotatable bonds is 10. The maximum atomic E-state index is 12.8. The van der Waals surface area contributed by atoms with E-state index in [1.165, 1.54) is 11.1 Å². The van der Waals surface area contributed by atoms with Gasteiger partial charge in [-0.2, -0.15) is 4.98 Å². The third kappa shape index (κ3) is 7.55. The first-order valence-corrected chi connectivity index (χ1v) is 12.9. The van der Waals surface area contributed by atoms with Crippen LogP contribution in [0.4, 0.5) is 22.2 Å². The summed E-state index contributed by atoms with van der Waals surface area (Å²) in [5.74, 6) is 1.47. The summed E-state index contributed by atoms with van der Waals surface area (Å²) in [6, 6.07) is 23.4. The number of aryl methyl sites for hydroxylation is 1. The highest BCUT2D eigenvalue weighted by atomic mass is 16.6. The normalized spacial score (nSPS) is 11.6. The molecule has 0 spiro atoms. The maximum Gasteiger partial charge on any atom is 0.413 e. The quantitative estimate of drug-likeness (QED) is 0.237. The number of benzene rings is 3. The molecule has 0 unspecified atom stereocenters. The number of carbonyl (C=O) groups excluding carboxylic acids is 1. The predicted molar refractivity (Wildman–Crippen MR) is 156 cm³/mol. The van der Waals surface area contributed by atoms with Gasteiger partial charge in [0.1, 0.15) is 24.3 Å². The summed E-state index contributed by atoms with van der Waals surface area (Å²) >= 11 is 0. The molecule has 202 valence electrons. The smallest absolute Gasteiger partial charge is 0.413 e. The van der Waals surface area contributed by atoms with E-state index in [0.717, 1.165) is 34.7 Å². The van der Waals surface area contributed by atoms with Crippen LogP contribution in [0.2, 0.25) is 0 Å². The van der Waals surface area contributed by atoms with Gasteiger partial charge in [0.15, 0.2) is 0 Å². The van der Waals surface area contributed by atoms with Gasteiger partial charge in [-0.05, 0) is 87.5 Å². The number of amides is 1. The molecular weight excluding hydrogens is 490 g/mol. The lowest BCUT2D eigenvalue weighted by atomic mass is 9.92. The number of nitrogens with zero attached hydrogens (tertiary/aromatic N) is 3. The highest BCUT2D eigenvalue weighted by molar-refractivity contribution is 5.84. The Morgan fingerprint density at radius 3 is 2.46 bits per heavy atom. The molecule has 0 bridgehead atoms. The van der Waals surface area contributed by atoms with Crippen molar-refractivity contribution in [3.63, 3.8) is 0 Å². The Bertz CT molecular complexity index is 1410. The fourth-order valence-corrected chi connectivity index (χ4v) is 4.10. The van der Waals surface area contributed by atoms with Crippen LogP contribution in [0.15, 0.2) is 79.0 Å². The van der Waals surface area contributed by atoms with Crippen LogP contribution in [-0.4, -0.2) is 48.2 Å². The van der Waals surface area contributed by atoms with Crippen LogP contribution < -0.4 is 15.4 Å². The molecule has 0 aliphatic heterocycles. The molecule has 4 rings (SSSR count). The summed E-state index contributed by atoms with van der Waals surface area (Å²) in [7, 11) is 4.01. The van der Waals surface area contributed by atoms with Gasteiger partial charge in [-0.25, -0.2) is 9.78 Å². The number of nitrogens with one attached hydrogen (secondary N) is 2. The van der Waals surface area contributed by atoms with Crippen LogP contribution in [0.5, 0.6) is 5.75 Å². The molecule has 1 amide bonds. The fourth-order valence-electron chi connectivity index (χ4n) is 4.10. The molecule has 0 radical (unpaired) electrons. The zero-order valence-electron chi connectivity index (χ0n) is 23.1. The van der Waals surface area contributed by atoms with E-state index in [1.807, 2.05) is 69.6 Å². The average Bonchev–Trinajstić information content (AvgIpc) is 2.91. The molecule has 4 aromatic rings. The minimum atomic E-state index is -0.595. The summed E-state index contributed by atoms with van der Waals surface area (Å²) in [4.78, 5) is 23.5. The van der Waals surface area contributed by atoms with E-state index in [-0.39, 0.29) is 0 Å². The lowest BCUT2D eigenvalue weighted by Gasteiger charge is -2.19. The number of hydrogen-bond acceptors (Lipinski definition) is 7. The van der Waals surface area contributed by atoms with Crippen molar-refractivity contribution in [2.75, 3.05) is 37.9 Å². The molecular formula is C31H35N5O3. The van der Waals surface area contributed by atoms with Crippen molar-refractivity contribution in [3.05, 3.63) is 95.7 Å². The van der Waals surface area contributed by atoms with Crippen LogP contribution in [-0.2, 0) is 4.74 Å². The Morgan fingerprint density at radius 1 is 0.949 bits per heavy atom. The Kier molecular flexibility index (Phi) is 9.12. The molecule has 1 atom stereocenters. The van der Waals surface area contributed by atoms with Gasteiger partial charge in [0, 0.05) is 24.0 Å². The second-order valence-electron chi connectivity index (χ2n) is 9.57. The first kappa shape index (κ1) is 27.6. The van der Waals surface area contributed by atoms with E-state index in [2.05, 4.69) is 57.5 Å². The number of hydrogen-bond donors (Lipinski definition) is 2. The van der Waals surface area contributed by atoms with Gasteiger partial charge >= 0.3 is 6.09 Å². The minimum absolute atomic E-state index is 0.330. The van der Waals surface area contributed by atoms with Gasteiger partial charge in [0.25, 0.3) is 0 Å². The lowest BCUT2D eigenvalue weighted by molar-refractivity contribution is 0.121. The maximum absolute atomic E-state index is 12.8. The molecule has 1 aromatic heterocycles. The van der Waals surface area contributed by atoms with Gasteiger partial charge < -0.3 is 19.7 Å². The van der Waals surface area contributed by atoms with E-state index in [9.17, 15) is 4.79 Å². The Balaban J connectivity index is 1.38. The lowest BCUT2D eigenvalue weighted by Crippen LogP contribution is -2.19. The molecule has 1 heterocycles. The molecule has 0 saturated carbocycles. The summed E-state index contributed by atoms with van der Waals surface area (Å²) in [6.45, 7) is 7.52. The fraction of sp³-hybridized carbons (Fsp3) is 0.258. The van der Waals surface area contributed by atoms with Gasteiger partial charge in [0.2, 0.25) is 5.95 Å². The van der Waals surface area contributed by atoms with Crippen LogP contribution in [0.3, 0.4) is 0 Å². The molecule has 2 N–H and O–H groups in total. The van der Waals surface area contributed by atoms with E-state index >= 15 is 0 Å². The van der Waals surface area contributed by atoms with Crippen LogP contribution >= 0.6 is 0 Å². The molecule has 0 saturated heterocycles. The third-order valence-electron chi connectivity index (χ3n) is 6.38. The van der Waals surface area contributed by atoms with Gasteiger partial charge in [-0.15, -0.1) is 0 Å². The molecule has 8 heteroatoms. The standard InChI is InChI=1S/C31H35N5O3/c1-21-9-8-12-26(22(21)2)28-11-7-6-10-27(28)23(3)39-31(37)35-29-17-18-32-30(34-29)33-24-13-15-25(16-14-24)38-20-19-36(4)5/h6-18,23H,19-20H2,1-5H3,(H2,32,33,34,35,37)/t23-/m1/s1. The highest BCUT2D eigenvalue weighted by Crippen LogP contribution is 2.33. The zero-order valence-corrected chi connectivity index (χ0v) is 23.1. The summed E-state index contributed by atoms with van der Waals surface area (Å²) in [6.07, 6.45) is 0.504. The van der Waals surface area contributed by atoms with Crippen molar-refractivity contribution < 1.29 is 14.3 Å². The summed E-state index contributed by atoms with van der Waals surface area (Å²) in [5, 5.41) is 5.86. The first-order valence-electron chi connectivity index (χ1n) is 12.9. The van der Waals surface area contributed by atoms with E-state index in [0.29, 0.717) is 18.4 Å². The van der Waals surface area contributed by atoms with Crippen LogP contribution in [0, 0.1) is 13.8 Å². The second kappa shape index (κ2) is 12.9. The zero-order chi connectivity index (χ0) is 27.8. The minimum Gasteiger partial charge on any atom is -0.492 e. The van der Waals surface area contributed by atoms with E-state index in [4.69, 9.17) is 9.47 Å². The van der Waals surface area contributed by atoms with Crippen molar-refractivity contribution in [1.29, 1.82) is 0 Å². The summed E-state index contributed by atoms with van der Waals surface area (Å²) in [5.41, 5.74) is 6.31. The molecule has 0 fully saturated rings. The third-order valence-corrected chi connectivity index (χ3v) is 6.38. The number of likely N-dealkylation sites (N-methyl/N-ethyl adjacent to an activating group) is 1. The van der Waals surface area contributed by atoms with Gasteiger partial charge in [-0.3, -0.25) is 5.32 Å². The highest BCUT2D eigenvalue weighted by Gasteiger charge is 2.18. The largest absolute Gasteiger partial charge is 0.492 e. The average molecular weight is 526 g/mol. The van der Waals surface area contributed by atoms with Crippen molar-refractivity contribution in [3.8, 4) is 16.9 Å². The monoisotopic (exact) mass is 525 g/mol. The molecule has 0 aliphatic carbocycles. The van der Waals surface area contributed by atoms with Crippen molar-refractivity contribution in [1.82, 2.24) is 14.9 Å². The first-order chi connectivity index (χ1) is 18.8. The van der Waals surface area contributed by atoms with Crippen LogP contribution in [0.1, 0.15) is 29.7 Å². The van der Waals surface area contributed by atoms with Crippen molar-refractivity contribution in [2.45, 2.75) is 26.9 Å². The molecule has 3 aromatic carbocycles. The van der Waals surface area contributed by atoms with Crippen molar-refractivity contribution >= 4 is 23.5 Å². The van der Waals surface area contributed by atoms with E-state index in [1.54, 1.807) is 12.3 Å².